The van der Waals surface area contributed by atoms with Crippen molar-refractivity contribution in [1.82, 2.24) is 14.9 Å². The first kappa shape index (κ1) is 12.5. The Bertz CT molecular complexity index is 374. The van der Waals surface area contributed by atoms with Gasteiger partial charge in [-0.15, -0.1) is 0 Å². The summed E-state index contributed by atoms with van der Waals surface area (Å²) in [5, 5.41) is 0.429. The molecule has 1 saturated heterocycles. The fourth-order valence-corrected chi connectivity index (χ4v) is 2.07. The first-order valence-corrected chi connectivity index (χ1v) is 6.02. The van der Waals surface area contributed by atoms with Gasteiger partial charge in [0, 0.05) is 19.6 Å². The van der Waals surface area contributed by atoms with Crippen LogP contribution in [0, 0.1) is 0 Å². The molecule has 0 amide bonds. The first-order chi connectivity index (χ1) is 8.15. The number of aromatic nitrogens is 2. The monoisotopic (exact) mass is 256 g/mol. The highest BCUT2D eigenvalue weighted by Crippen LogP contribution is 2.16. The van der Waals surface area contributed by atoms with E-state index in [-0.39, 0.29) is 6.10 Å². The van der Waals surface area contributed by atoms with Gasteiger partial charge < -0.3 is 14.5 Å². The third-order valence-corrected chi connectivity index (χ3v) is 2.81. The van der Waals surface area contributed by atoms with Crippen molar-refractivity contribution in [2.24, 2.45) is 0 Å². The van der Waals surface area contributed by atoms with E-state index in [0.29, 0.717) is 11.8 Å². The minimum atomic E-state index is 0.208. The molecule has 5 nitrogen and oxygen atoms in total. The zero-order valence-corrected chi connectivity index (χ0v) is 10.9. The summed E-state index contributed by atoms with van der Waals surface area (Å²) < 4.78 is 5.71. The molecule has 94 valence electrons. The van der Waals surface area contributed by atoms with Gasteiger partial charge in [-0.1, -0.05) is 11.6 Å². The molecule has 0 N–H and O–H groups in total. The quantitative estimate of drug-likeness (QED) is 0.804. The number of likely N-dealkylation sites (N-methyl/N-ethyl adjacent to an activating group) is 1. The number of hydrogen-bond donors (Lipinski definition) is 0. The summed E-state index contributed by atoms with van der Waals surface area (Å²) in [4.78, 5) is 12.6. The van der Waals surface area contributed by atoms with Crippen LogP contribution in [-0.2, 0) is 4.74 Å². The van der Waals surface area contributed by atoms with Crippen molar-refractivity contribution in [1.29, 1.82) is 0 Å². The van der Waals surface area contributed by atoms with Crippen LogP contribution in [0.5, 0.6) is 0 Å². The van der Waals surface area contributed by atoms with E-state index < -0.39 is 0 Å². The molecule has 17 heavy (non-hydrogen) atoms. The predicted octanol–water partition coefficient (Wildman–Crippen LogP) is 0.897. The van der Waals surface area contributed by atoms with Gasteiger partial charge in [0.05, 0.1) is 25.1 Å². The van der Waals surface area contributed by atoms with Crippen molar-refractivity contribution < 1.29 is 4.74 Å². The zero-order valence-electron chi connectivity index (χ0n) is 10.1. The Morgan fingerprint density at radius 1 is 1.53 bits per heavy atom. The van der Waals surface area contributed by atoms with Crippen LogP contribution < -0.4 is 4.90 Å². The molecule has 1 fully saturated rings. The molecule has 0 aliphatic carbocycles. The summed E-state index contributed by atoms with van der Waals surface area (Å²) in [6.45, 7) is 3.28. The average molecular weight is 257 g/mol. The van der Waals surface area contributed by atoms with E-state index in [1.54, 1.807) is 12.4 Å². The maximum atomic E-state index is 5.85. The molecule has 1 aliphatic heterocycles. The molecule has 0 spiro atoms. The largest absolute Gasteiger partial charge is 0.373 e. The zero-order chi connectivity index (χ0) is 12.3. The van der Waals surface area contributed by atoms with Crippen LogP contribution in [0.2, 0.25) is 5.15 Å². The van der Waals surface area contributed by atoms with E-state index in [4.69, 9.17) is 16.3 Å². The van der Waals surface area contributed by atoms with Gasteiger partial charge in [-0.2, -0.15) is 0 Å². The van der Waals surface area contributed by atoms with Crippen molar-refractivity contribution in [2.75, 3.05) is 45.2 Å². The number of halogens is 1. The minimum absolute atomic E-state index is 0.208. The highest BCUT2D eigenvalue weighted by molar-refractivity contribution is 6.29. The molecule has 2 rings (SSSR count). The van der Waals surface area contributed by atoms with Gasteiger partial charge >= 0.3 is 0 Å². The topological polar surface area (TPSA) is 41.5 Å². The van der Waals surface area contributed by atoms with E-state index in [1.807, 2.05) is 14.1 Å². The average Bonchev–Trinajstić information content (AvgIpc) is 2.28. The second-order valence-corrected chi connectivity index (χ2v) is 4.79. The second-order valence-electron chi connectivity index (χ2n) is 4.40. The molecule has 6 heteroatoms. The molecule has 1 unspecified atom stereocenters. The molecular formula is C11H17ClN4O. The van der Waals surface area contributed by atoms with Gasteiger partial charge in [0.1, 0.15) is 11.0 Å². The lowest BCUT2D eigenvalue weighted by molar-refractivity contribution is 0.0245. The molecule has 0 bridgehead atoms. The summed E-state index contributed by atoms with van der Waals surface area (Å²) in [7, 11) is 4.09. The van der Waals surface area contributed by atoms with Gasteiger partial charge in [0.15, 0.2) is 0 Å². The fourth-order valence-electron chi connectivity index (χ4n) is 1.93. The number of hydrogen-bond acceptors (Lipinski definition) is 5. The van der Waals surface area contributed by atoms with Crippen LogP contribution in [0.1, 0.15) is 0 Å². The Morgan fingerprint density at radius 2 is 2.35 bits per heavy atom. The summed E-state index contributed by atoms with van der Waals surface area (Å²) in [5.41, 5.74) is 0. The lowest BCUT2D eigenvalue weighted by Gasteiger charge is -2.34. The number of rotatable bonds is 3. The van der Waals surface area contributed by atoms with E-state index in [0.717, 1.165) is 25.5 Å². The Morgan fingerprint density at radius 3 is 3.06 bits per heavy atom. The molecular weight excluding hydrogens is 240 g/mol. The normalized spacial score (nSPS) is 20.9. The fraction of sp³-hybridized carbons (Fsp3) is 0.636. The standard InChI is InChI=1S/C11H17ClN4O/c1-15(2)7-9-8-16(3-4-17-9)11-6-13-5-10(12)14-11/h5-6,9H,3-4,7-8H2,1-2H3. The van der Waals surface area contributed by atoms with E-state index in [9.17, 15) is 0 Å². The van der Waals surface area contributed by atoms with Gasteiger partial charge in [0.25, 0.3) is 0 Å². The van der Waals surface area contributed by atoms with Crippen molar-refractivity contribution in [3.8, 4) is 0 Å². The summed E-state index contributed by atoms with van der Waals surface area (Å²) >= 11 is 5.85. The third kappa shape index (κ3) is 3.52. The maximum absolute atomic E-state index is 5.85. The SMILES string of the molecule is CN(C)CC1CN(c2cncc(Cl)n2)CCO1. The van der Waals surface area contributed by atoms with Crippen LogP contribution >= 0.6 is 11.6 Å². The van der Waals surface area contributed by atoms with Crippen LogP contribution in [0.3, 0.4) is 0 Å². The van der Waals surface area contributed by atoms with E-state index >= 15 is 0 Å². The van der Waals surface area contributed by atoms with E-state index in [2.05, 4.69) is 19.8 Å². The molecule has 1 atom stereocenters. The molecule has 2 heterocycles. The van der Waals surface area contributed by atoms with Gasteiger partial charge in [-0.05, 0) is 14.1 Å². The Kier molecular flexibility index (Phi) is 4.15. The summed E-state index contributed by atoms with van der Waals surface area (Å²) in [5.74, 6) is 0.824. The molecule has 0 aromatic carbocycles. The van der Waals surface area contributed by atoms with Crippen molar-refractivity contribution in [2.45, 2.75) is 6.10 Å². The number of morpholine rings is 1. The highest BCUT2D eigenvalue weighted by atomic mass is 35.5. The smallest absolute Gasteiger partial charge is 0.149 e. The molecule has 0 radical (unpaired) electrons. The second kappa shape index (κ2) is 5.62. The Hall–Kier alpha value is -0.910. The van der Waals surface area contributed by atoms with Crippen LogP contribution in [0.15, 0.2) is 12.4 Å². The number of ether oxygens (including phenoxy) is 1. The van der Waals surface area contributed by atoms with Crippen molar-refractivity contribution in [3.63, 3.8) is 0 Å². The van der Waals surface area contributed by atoms with Crippen LogP contribution in [-0.4, -0.2) is 61.3 Å². The van der Waals surface area contributed by atoms with Crippen LogP contribution in [0.25, 0.3) is 0 Å². The molecule has 1 aromatic rings. The molecule has 1 aromatic heterocycles. The predicted molar refractivity (Wildman–Crippen MR) is 67.5 cm³/mol. The Labute approximate surface area is 106 Å². The maximum Gasteiger partial charge on any atom is 0.149 e. The first-order valence-electron chi connectivity index (χ1n) is 5.64. The minimum Gasteiger partial charge on any atom is -0.373 e. The van der Waals surface area contributed by atoms with Gasteiger partial charge in [-0.25, -0.2) is 4.98 Å². The highest BCUT2D eigenvalue weighted by Gasteiger charge is 2.22. The van der Waals surface area contributed by atoms with Crippen molar-refractivity contribution in [3.05, 3.63) is 17.5 Å². The number of nitrogens with zero attached hydrogens (tertiary/aromatic N) is 4. The van der Waals surface area contributed by atoms with Crippen molar-refractivity contribution >= 4 is 17.4 Å². The van der Waals surface area contributed by atoms with E-state index in [1.165, 1.54) is 0 Å². The van der Waals surface area contributed by atoms with Gasteiger partial charge in [-0.3, -0.25) is 4.98 Å². The molecule has 1 aliphatic rings. The lowest BCUT2D eigenvalue weighted by Crippen LogP contribution is -2.46. The summed E-state index contributed by atoms with van der Waals surface area (Å²) in [6, 6.07) is 0. The molecule has 0 saturated carbocycles. The lowest BCUT2D eigenvalue weighted by atomic mass is 10.2. The van der Waals surface area contributed by atoms with Crippen LogP contribution in [0.4, 0.5) is 5.82 Å². The number of anilines is 1. The van der Waals surface area contributed by atoms with Gasteiger partial charge in [0.2, 0.25) is 0 Å². The summed E-state index contributed by atoms with van der Waals surface area (Å²) in [6.07, 6.45) is 3.49. The third-order valence-electron chi connectivity index (χ3n) is 2.62. The Balaban J connectivity index is 2.02.